The van der Waals surface area contributed by atoms with E-state index in [4.69, 9.17) is 10.8 Å². The smallest absolute Gasteiger partial charge is 0.303 e. The second-order valence-corrected chi connectivity index (χ2v) is 8.40. The van der Waals surface area contributed by atoms with Crippen molar-refractivity contribution in [3.63, 3.8) is 0 Å². The van der Waals surface area contributed by atoms with E-state index >= 15 is 0 Å². The van der Waals surface area contributed by atoms with Crippen LogP contribution >= 0.6 is 11.8 Å². The van der Waals surface area contributed by atoms with Gasteiger partial charge in [0.1, 0.15) is 0 Å². The first-order chi connectivity index (χ1) is 8.75. The van der Waals surface area contributed by atoms with Crippen LogP contribution < -0.4 is 5.73 Å². The van der Waals surface area contributed by atoms with Crippen LogP contribution in [-0.2, 0) is 19.4 Å². The van der Waals surface area contributed by atoms with Gasteiger partial charge in [0.05, 0.1) is 17.9 Å². The molecule has 0 atom stereocenters. The van der Waals surface area contributed by atoms with E-state index in [0.29, 0.717) is 11.5 Å². The molecule has 0 aromatic carbocycles. The Kier molecular flexibility index (Phi) is 5.66. The molecule has 0 aromatic rings. The van der Waals surface area contributed by atoms with Crippen LogP contribution in [0.5, 0.6) is 0 Å². The van der Waals surface area contributed by atoms with Gasteiger partial charge in [-0.05, 0) is 24.0 Å². The van der Waals surface area contributed by atoms with Crippen molar-refractivity contribution in [2.45, 2.75) is 25.7 Å². The third-order valence-electron chi connectivity index (χ3n) is 3.09. The molecule has 1 amide bonds. The molecule has 0 radical (unpaired) electrons. The number of carboxylic acid groups (broad SMARTS) is 1. The number of aliphatic carboxylic acids is 1. The van der Waals surface area contributed by atoms with Gasteiger partial charge in [-0.1, -0.05) is 0 Å². The van der Waals surface area contributed by atoms with Crippen molar-refractivity contribution in [3.8, 4) is 0 Å². The van der Waals surface area contributed by atoms with Gasteiger partial charge in [0.15, 0.2) is 9.84 Å². The van der Waals surface area contributed by atoms with Crippen molar-refractivity contribution in [1.29, 1.82) is 0 Å². The highest BCUT2D eigenvalue weighted by molar-refractivity contribution is 8.00. The molecular weight excluding hydrogens is 290 g/mol. The minimum Gasteiger partial charge on any atom is -0.481 e. The predicted molar refractivity (Wildman–Crippen MR) is 73.7 cm³/mol. The molecule has 6 nitrogen and oxygen atoms in total. The van der Waals surface area contributed by atoms with Crippen molar-refractivity contribution in [2.75, 3.05) is 23.0 Å². The Bertz CT molecular complexity index is 442. The fourth-order valence-electron chi connectivity index (χ4n) is 1.70. The van der Waals surface area contributed by atoms with Gasteiger partial charge in [0.2, 0.25) is 5.91 Å². The Morgan fingerprint density at radius 1 is 1.26 bits per heavy atom. The normalized spacial score (nSPS) is 17.1. The molecule has 0 heterocycles. The average Bonchev–Trinajstić information content (AvgIpc) is 3.01. The standard InChI is InChI=1S/C11H19NO5S2/c12-9(13)1-5-19(16,17)6-4-18-8-11(2-3-11)7-10(14)15/h1-8H2,(H2,12,13)(H,14,15). The third kappa shape index (κ3) is 6.81. The van der Waals surface area contributed by atoms with Crippen molar-refractivity contribution in [3.05, 3.63) is 0 Å². The summed E-state index contributed by atoms with van der Waals surface area (Å²) in [5.74, 6) is -0.494. The number of amides is 1. The fraction of sp³-hybridized carbons (Fsp3) is 0.818. The van der Waals surface area contributed by atoms with Crippen LogP contribution in [0, 0.1) is 5.41 Å². The number of carbonyl (C=O) groups excluding carboxylic acids is 1. The molecule has 1 rings (SSSR count). The first kappa shape index (κ1) is 16.3. The fourth-order valence-corrected chi connectivity index (χ4v) is 4.87. The molecule has 0 spiro atoms. The monoisotopic (exact) mass is 309 g/mol. The Morgan fingerprint density at radius 2 is 1.89 bits per heavy atom. The van der Waals surface area contributed by atoms with Crippen LogP contribution in [0.2, 0.25) is 0 Å². The Balaban J connectivity index is 2.20. The van der Waals surface area contributed by atoms with E-state index in [1.165, 1.54) is 11.8 Å². The highest BCUT2D eigenvalue weighted by Gasteiger charge is 2.44. The van der Waals surface area contributed by atoms with E-state index in [1.54, 1.807) is 0 Å². The maximum Gasteiger partial charge on any atom is 0.303 e. The number of carboxylic acids is 1. The third-order valence-corrected chi connectivity index (χ3v) is 6.31. The first-order valence-corrected chi connectivity index (χ1v) is 9.01. The van der Waals surface area contributed by atoms with Gasteiger partial charge < -0.3 is 10.8 Å². The summed E-state index contributed by atoms with van der Waals surface area (Å²) in [7, 11) is -3.24. The topological polar surface area (TPSA) is 115 Å². The molecular formula is C11H19NO5S2. The summed E-state index contributed by atoms with van der Waals surface area (Å²) in [6.07, 6.45) is 1.83. The zero-order chi connectivity index (χ0) is 14.5. The van der Waals surface area contributed by atoms with E-state index in [1.807, 2.05) is 0 Å². The molecule has 0 aliphatic heterocycles. The summed E-state index contributed by atoms with van der Waals surface area (Å²) in [4.78, 5) is 21.2. The maximum absolute atomic E-state index is 11.5. The number of thioether (sulfide) groups is 1. The molecule has 0 unspecified atom stereocenters. The Morgan fingerprint density at radius 3 is 2.37 bits per heavy atom. The molecule has 0 aromatic heterocycles. The highest BCUT2D eigenvalue weighted by atomic mass is 32.2. The summed E-state index contributed by atoms with van der Waals surface area (Å²) < 4.78 is 23.1. The SMILES string of the molecule is NC(=O)CCS(=O)(=O)CCSCC1(CC(=O)O)CC1. The molecule has 0 saturated heterocycles. The van der Waals surface area contributed by atoms with E-state index < -0.39 is 21.7 Å². The minimum absolute atomic E-state index is 0.00803. The summed E-state index contributed by atoms with van der Waals surface area (Å²) in [6, 6.07) is 0. The quantitative estimate of drug-likeness (QED) is 0.560. The average molecular weight is 309 g/mol. The number of rotatable bonds is 10. The van der Waals surface area contributed by atoms with E-state index in [0.717, 1.165) is 12.8 Å². The molecule has 19 heavy (non-hydrogen) atoms. The summed E-state index contributed by atoms with van der Waals surface area (Å²) in [6.45, 7) is 0. The lowest BCUT2D eigenvalue weighted by Gasteiger charge is -2.11. The maximum atomic E-state index is 11.5. The lowest BCUT2D eigenvalue weighted by atomic mass is 10.1. The van der Waals surface area contributed by atoms with Crippen molar-refractivity contribution < 1.29 is 23.1 Å². The predicted octanol–water partition coefficient (Wildman–Crippen LogP) is 0.265. The number of primary amides is 1. The molecule has 1 aliphatic carbocycles. The molecule has 1 saturated carbocycles. The van der Waals surface area contributed by atoms with Gasteiger partial charge in [-0.15, -0.1) is 0 Å². The number of carbonyl (C=O) groups is 2. The van der Waals surface area contributed by atoms with Gasteiger partial charge in [-0.25, -0.2) is 8.42 Å². The Labute approximate surface area is 117 Å². The zero-order valence-corrected chi connectivity index (χ0v) is 12.3. The Hall–Kier alpha value is -0.760. The molecule has 3 N–H and O–H groups in total. The molecule has 110 valence electrons. The largest absolute Gasteiger partial charge is 0.481 e. The number of hydrogen-bond donors (Lipinski definition) is 2. The van der Waals surface area contributed by atoms with Crippen LogP contribution in [0.25, 0.3) is 0 Å². The van der Waals surface area contributed by atoms with Gasteiger partial charge in [0.25, 0.3) is 0 Å². The lowest BCUT2D eigenvalue weighted by Crippen LogP contribution is -2.20. The molecule has 1 fully saturated rings. The second-order valence-electron chi connectivity index (χ2n) is 4.99. The lowest BCUT2D eigenvalue weighted by molar-refractivity contribution is -0.138. The van der Waals surface area contributed by atoms with Gasteiger partial charge >= 0.3 is 5.97 Å². The van der Waals surface area contributed by atoms with Crippen molar-refractivity contribution >= 4 is 33.5 Å². The summed E-state index contributed by atoms with van der Waals surface area (Å²) in [5, 5.41) is 8.75. The zero-order valence-electron chi connectivity index (χ0n) is 10.6. The van der Waals surface area contributed by atoms with Gasteiger partial charge in [-0.3, -0.25) is 9.59 Å². The molecule has 8 heteroatoms. The summed E-state index contributed by atoms with van der Waals surface area (Å²) >= 11 is 1.47. The van der Waals surface area contributed by atoms with Crippen LogP contribution in [0.4, 0.5) is 0 Å². The molecule has 0 bridgehead atoms. The van der Waals surface area contributed by atoms with Gasteiger partial charge in [-0.2, -0.15) is 11.8 Å². The number of hydrogen-bond acceptors (Lipinski definition) is 5. The van der Waals surface area contributed by atoms with E-state index in [-0.39, 0.29) is 29.8 Å². The second kappa shape index (κ2) is 6.60. The molecule has 1 aliphatic rings. The van der Waals surface area contributed by atoms with Crippen LogP contribution in [0.15, 0.2) is 0 Å². The first-order valence-electron chi connectivity index (χ1n) is 6.03. The van der Waals surface area contributed by atoms with Crippen molar-refractivity contribution in [1.82, 2.24) is 0 Å². The van der Waals surface area contributed by atoms with Crippen LogP contribution in [0.3, 0.4) is 0 Å². The number of nitrogens with two attached hydrogens (primary N) is 1. The minimum atomic E-state index is -3.24. The van der Waals surface area contributed by atoms with Crippen LogP contribution in [0.1, 0.15) is 25.7 Å². The van der Waals surface area contributed by atoms with E-state index in [2.05, 4.69) is 0 Å². The summed E-state index contributed by atoms with van der Waals surface area (Å²) in [5.41, 5.74) is 4.78. The highest BCUT2D eigenvalue weighted by Crippen LogP contribution is 2.50. The van der Waals surface area contributed by atoms with E-state index in [9.17, 15) is 18.0 Å². The number of sulfone groups is 1. The van der Waals surface area contributed by atoms with Gasteiger partial charge in [0, 0.05) is 12.2 Å². The van der Waals surface area contributed by atoms with Crippen molar-refractivity contribution in [2.24, 2.45) is 11.1 Å². The van der Waals surface area contributed by atoms with Crippen LogP contribution in [-0.4, -0.2) is 48.4 Å².